The largest absolute Gasteiger partial charge is 0.476 e. The summed E-state index contributed by atoms with van der Waals surface area (Å²) in [5, 5.41) is 8.54. The number of esters is 1. The average molecular weight is 361 g/mol. The summed E-state index contributed by atoms with van der Waals surface area (Å²) in [7, 11) is 0.965. The SMILES string of the molecule is COC(=O)c1nc(-c2c(C(F)F)ccc(Cl)c2F)cnc1C(=O)O. The van der Waals surface area contributed by atoms with E-state index in [-0.39, 0.29) is 0 Å². The van der Waals surface area contributed by atoms with Gasteiger partial charge in [0.15, 0.2) is 17.2 Å². The number of nitrogens with zero attached hydrogens (tertiary/aromatic N) is 2. The molecule has 0 aliphatic heterocycles. The molecule has 1 aromatic heterocycles. The number of carbonyl (C=O) groups is 2. The Morgan fingerprint density at radius 1 is 1.29 bits per heavy atom. The Kier molecular flexibility index (Phi) is 5.03. The second-order valence-electron chi connectivity index (χ2n) is 4.38. The maximum absolute atomic E-state index is 14.2. The highest BCUT2D eigenvalue weighted by atomic mass is 35.5. The van der Waals surface area contributed by atoms with E-state index in [9.17, 15) is 22.8 Å². The molecular weight excluding hydrogens is 353 g/mol. The van der Waals surface area contributed by atoms with E-state index in [0.29, 0.717) is 0 Å². The van der Waals surface area contributed by atoms with Gasteiger partial charge < -0.3 is 9.84 Å². The fourth-order valence-electron chi connectivity index (χ4n) is 1.91. The van der Waals surface area contributed by atoms with Gasteiger partial charge >= 0.3 is 11.9 Å². The van der Waals surface area contributed by atoms with Crippen molar-refractivity contribution < 1.29 is 32.6 Å². The Labute approximate surface area is 137 Å². The third kappa shape index (κ3) is 3.16. The van der Waals surface area contributed by atoms with Crippen molar-refractivity contribution in [2.45, 2.75) is 6.43 Å². The molecule has 0 atom stereocenters. The van der Waals surface area contributed by atoms with E-state index in [2.05, 4.69) is 14.7 Å². The van der Waals surface area contributed by atoms with Crippen molar-refractivity contribution in [1.82, 2.24) is 9.97 Å². The Hall–Kier alpha value is -2.68. The molecule has 0 spiro atoms. The lowest BCUT2D eigenvalue weighted by atomic mass is 10.0. The molecule has 10 heteroatoms. The number of alkyl halides is 2. The maximum atomic E-state index is 14.2. The predicted octanol–water partition coefficient (Wildman–Crippen LogP) is 3.36. The Morgan fingerprint density at radius 2 is 1.96 bits per heavy atom. The normalized spacial score (nSPS) is 10.8. The molecule has 1 aromatic carbocycles. The summed E-state index contributed by atoms with van der Waals surface area (Å²) < 4.78 is 44.8. The van der Waals surface area contributed by atoms with Gasteiger partial charge in [0, 0.05) is 11.1 Å². The van der Waals surface area contributed by atoms with E-state index in [4.69, 9.17) is 16.7 Å². The van der Waals surface area contributed by atoms with Crippen LogP contribution in [0.5, 0.6) is 0 Å². The molecule has 0 aliphatic carbocycles. The zero-order chi connectivity index (χ0) is 18.0. The van der Waals surface area contributed by atoms with Crippen LogP contribution in [-0.4, -0.2) is 34.1 Å². The molecule has 126 valence electrons. The van der Waals surface area contributed by atoms with E-state index < -0.39 is 57.4 Å². The zero-order valence-electron chi connectivity index (χ0n) is 11.9. The van der Waals surface area contributed by atoms with Crippen molar-refractivity contribution in [2.24, 2.45) is 0 Å². The molecule has 1 N–H and O–H groups in total. The molecule has 24 heavy (non-hydrogen) atoms. The number of methoxy groups -OCH3 is 1. The number of carboxylic acids is 1. The van der Waals surface area contributed by atoms with Crippen LogP contribution in [0.15, 0.2) is 18.3 Å². The number of hydrogen-bond acceptors (Lipinski definition) is 5. The van der Waals surface area contributed by atoms with Gasteiger partial charge in [0.2, 0.25) is 0 Å². The predicted molar refractivity (Wildman–Crippen MR) is 75.7 cm³/mol. The van der Waals surface area contributed by atoms with E-state index in [1.54, 1.807) is 0 Å². The number of rotatable bonds is 4. The van der Waals surface area contributed by atoms with E-state index in [1.165, 1.54) is 0 Å². The van der Waals surface area contributed by atoms with Gasteiger partial charge in [-0.2, -0.15) is 0 Å². The molecule has 0 fully saturated rings. The monoisotopic (exact) mass is 360 g/mol. The van der Waals surface area contributed by atoms with Gasteiger partial charge in [-0.1, -0.05) is 17.7 Å². The van der Waals surface area contributed by atoms with E-state index in [1.807, 2.05) is 0 Å². The zero-order valence-corrected chi connectivity index (χ0v) is 12.6. The first-order chi connectivity index (χ1) is 11.3. The second-order valence-corrected chi connectivity index (χ2v) is 4.78. The number of carboxylic acid groups (broad SMARTS) is 1. The summed E-state index contributed by atoms with van der Waals surface area (Å²) in [6.07, 6.45) is -2.30. The Morgan fingerprint density at radius 3 is 2.50 bits per heavy atom. The third-order valence-corrected chi connectivity index (χ3v) is 3.26. The van der Waals surface area contributed by atoms with Gasteiger partial charge in [-0.15, -0.1) is 0 Å². The van der Waals surface area contributed by atoms with Crippen molar-refractivity contribution in [3.8, 4) is 11.3 Å². The first kappa shape index (κ1) is 17.7. The molecular formula is C14H8ClF3N2O4. The smallest absolute Gasteiger partial charge is 0.359 e. The molecule has 0 bridgehead atoms. The van der Waals surface area contributed by atoms with Crippen molar-refractivity contribution in [1.29, 1.82) is 0 Å². The molecule has 0 saturated carbocycles. The number of hydrogen-bond donors (Lipinski definition) is 1. The molecule has 0 unspecified atom stereocenters. The minimum absolute atomic E-state index is 0.446. The highest BCUT2D eigenvalue weighted by molar-refractivity contribution is 6.31. The van der Waals surface area contributed by atoms with Gasteiger partial charge in [-0.25, -0.2) is 32.7 Å². The highest BCUT2D eigenvalue weighted by Crippen LogP contribution is 2.35. The molecule has 0 radical (unpaired) electrons. The molecule has 0 amide bonds. The topological polar surface area (TPSA) is 89.4 Å². The summed E-state index contributed by atoms with van der Waals surface area (Å²) in [5.41, 5.74) is -3.39. The number of halogens is 4. The fraction of sp³-hybridized carbons (Fsp3) is 0.143. The first-order valence-corrected chi connectivity index (χ1v) is 6.60. The number of carbonyl (C=O) groups excluding carboxylic acids is 1. The number of aromatic nitrogens is 2. The van der Waals surface area contributed by atoms with E-state index in [0.717, 1.165) is 25.4 Å². The second kappa shape index (κ2) is 6.83. The van der Waals surface area contributed by atoms with Gasteiger partial charge in [-0.3, -0.25) is 0 Å². The lowest BCUT2D eigenvalue weighted by Crippen LogP contribution is -2.15. The quantitative estimate of drug-likeness (QED) is 0.841. The van der Waals surface area contributed by atoms with Gasteiger partial charge in [0.05, 0.1) is 24.0 Å². The summed E-state index contributed by atoms with van der Waals surface area (Å²) in [6, 6.07) is 1.85. The van der Waals surface area contributed by atoms with Crippen LogP contribution in [0.4, 0.5) is 13.2 Å². The van der Waals surface area contributed by atoms with Crippen LogP contribution in [-0.2, 0) is 4.74 Å². The summed E-state index contributed by atoms with van der Waals surface area (Å²) >= 11 is 5.60. The minimum Gasteiger partial charge on any atom is -0.476 e. The van der Waals surface area contributed by atoms with Gasteiger partial charge in [0.1, 0.15) is 0 Å². The summed E-state index contributed by atoms with van der Waals surface area (Å²) in [6.45, 7) is 0. The molecule has 0 aliphatic rings. The Bertz CT molecular complexity index is 830. The van der Waals surface area contributed by atoms with Crippen LogP contribution in [0.3, 0.4) is 0 Å². The average Bonchev–Trinajstić information content (AvgIpc) is 2.55. The van der Waals surface area contributed by atoms with Gasteiger partial charge in [0.25, 0.3) is 6.43 Å². The van der Waals surface area contributed by atoms with Crippen LogP contribution >= 0.6 is 11.6 Å². The van der Waals surface area contributed by atoms with Crippen LogP contribution in [0.1, 0.15) is 33.0 Å². The molecule has 1 heterocycles. The standard InChI is InChI=1S/C14H8ClF3N2O4/c1-24-14(23)11-10(13(21)22)19-4-7(20-11)8-5(12(17)18)2-3-6(15)9(8)16/h2-4,12H,1H3,(H,21,22). The minimum atomic E-state index is -3.06. The fourth-order valence-corrected chi connectivity index (χ4v) is 2.07. The van der Waals surface area contributed by atoms with Crippen molar-refractivity contribution >= 4 is 23.5 Å². The number of benzene rings is 1. The van der Waals surface area contributed by atoms with Crippen LogP contribution < -0.4 is 0 Å². The lowest BCUT2D eigenvalue weighted by Gasteiger charge is -2.12. The first-order valence-electron chi connectivity index (χ1n) is 6.23. The van der Waals surface area contributed by atoms with E-state index >= 15 is 0 Å². The van der Waals surface area contributed by atoms with Crippen molar-refractivity contribution in [3.05, 3.63) is 46.1 Å². The van der Waals surface area contributed by atoms with Gasteiger partial charge in [-0.05, 0) is 6.07 Å². The Balaban J connectivity index is 2.77. The molecule has 2 aromatic rings. The van der Waals surface area contributed by atoms with Crippen molar-refractivity contribution in [3.63, 3.8) is 0 Å². The summed E-state index contributed by atoms with van der Waals surface area (Å²) in [4.78, 5) is 29.8. The highest BCUT2D eigenvalue weighted by Gasteiger charge is 2.26. The number of ether oxygens (including phenoxy) is 1. The maximum Gasteiger partial charge on any atom is 0.359 e. The van der Waals surface area contributed by atoms with Crippen LogP contribution in [0.2, 0.25) is 5.02 Å². The molecule has 2 rings (SSSR count). The third-order valence-electron chi connectivity index (χ3n) is 2.97. The molecule has 0 saturated heterocycles. The summed E-state index contributed by atoms with van der Waals surface area (Å²) in [5.74, 6) is -3.94. The van der Waals surface area contributed by atoms with Crippen LogP contribution in [0, 0.1) is 5.82 Å². The number of aromatic carboxylic acids is 1. The van der Waals surface area contributed by atoms with Crippen molar-refractivity contribution in [2.75, 3.05) is 7.11 Å². The molecule has 6 nitrogen and oxygen atoms in total. The van der Waals surface area contributed by atoms with Crippen LogP contribution in [0.25, 0.3) is 11.3 Å². The lowest BCUT2D eigenvalue weighted by molar-refractivity contribution is 0.0573.